The van der Waals surface area contributed by atoms with Gasteiger partial charge in [-0.25, -0.2) is 4.68 Å². The Morgan fingerprint density at radius 3 is 2.80 bits per heavy atom. The highest BCUT2D eigenvalue weighted by molar-refractivity contribution is 5.48. The number of rotatable bonds is 1. The Morgan fingerprint density at radius 1 is 1.30 bits per heavy atom. The van der Waals surface area contributed by atoms with Crippen LogP contribution in [-0.2, 0) is 0 Å². The average molecular weight is 271 g/mol. The van der Waals surface area contributed by atoms with E-state index in [2.05, 4.69) is 31.1 Å². The van der Waals surface area contributed by atoms with E-state index in [1.165, 1.54) is 16.7 Å². The van der Waals surface area contributed by atoms with Crippen molar-refractivity contribution in [3.8, 4) is 5.75 Å². The van der Waals surface area contributed by atoms with Crippen molar-refractivity contribution in [3.63, 3.8) is 0 Å². The molecule has 0 radical (unpaired) electrons. The topological polar surface area (TPSA) is 53.1 Å². The number of hydrogen-bond acceptors (Lipinski definition) is 3. The van der Waals surface area contributed by atoms with Crippen LogP contribution in [0.15, 0.2) is 18.2 Å². The Bertz CT molecular complexity index is 645. The molecule has 1 unspecified atom stereocenters. The molecule has 0 saturated carbocycles. The van der Waals surface area contributed by atoms with E-state index in [4.69, 9.17) is 10.5 Å². The van der Waals surface area contributed by atoms with E-state index < -0.39 is 0 Å². The van der Waals surface area contributed by atoms with E-state index in [0.29, 0.717) is 0 Å². The first-order chi connectivity index (χ1) is 9.58. The summed E-state index contributed by atoms with van der Waals surface area (Å²) in [7, 11) is 0. The summed E-state index contributed by atoms with van der Waals surface area (Å²) in [6.07, 6.45) is 2.01. The molecule has 1 aromatic heterocycles. The minimum absolute atomic E-state index is 0.167. The number of anilines is 1. The second-order valence-corrected chi connectivity index (χ2v) is 5.59. The lowest BCUT2D eigenvalue weighted by molar-refractivity contribution is 0.313. The SMILES string of the molecule is Cc1cc(N)n(C2CCCOc3c2ccc(C)c3C)n1. The highest BCUT2D eigenvalue weighted by atomic mass is 16.5. The largest absolute Gasteiger partial charge is 0.493 e. The third kappa shape index (κ3) is 2.05. The third-order valence-corrected chi connectivity index (χ3v) is 4.12. The van der Waals surface area contributed by atoms with Crippen LogP contribution in [0.25, 0.3) is 0 Å². The summed E-state index contributed by atoms with van der Waals surface area (Å²) < 4.78 is 7.92. The average Bonchev–Trinajstić information content (AvgIpc) is 2.63. The van der Waals surface area contributed by atoms with Gasteiger partial charge in [0.1, 0.15) is 11.6 Å². The molecule has 106 valence electrons. The number of nitrogen functional groups attached to an aromatic ring is 1. The van der Waals surface area contributed by atoms with Crippen molar-refractivity contribution in [2.24, 2.45) is 0 Å². The van der Waals surface area contributed by atoms with Gasteiger partial charge in [-0.05, 0) is 44.7 Å². The van der Waals surface area contributed by atoms with Crippen molar-refractivity contribution in [3.05, 3.63) is 40.6 Å². The van der Waals surface area contributed by atoms with Crippen LogP contribution in [0.3, 0.4) is 0 Å². The molecule has 1 aliphatic heterocycles. The maximum atomic E-state index is 6.11. The molecule has 0 saturated heterocycles. The van der Waals surface area contributed by atoms with Gasteiger partial charge in [-0.2, -0.15) is 5.10 Å². The molecule has 1 atom stereocenters. The van der Waals surface area contributed by atoms with Gasteiger partial charge in [0, 0.05) is 11.6 Å². The number of aromatic nitrogens is 2. The molecular weight excluding hydrogens is 250 g/mol. The van der Waals surface area contributed by atoms with E-state index in [9.17, 15) is 0 Å². The maximum absolute atomic E-state index is 6.11. The van der Waals surface area contributed by atoms with Crippen LogP contribution in [0.2, 0.25) is 0 Å². The van der Waals surface area contributed by atoms with Crippen LogP contribution < -0.4 is 10.5 Å². The van der Waals surface area contributed by atoms with Gasteiger partial charge in [-0.3, -0.25) is 0 Å². The second kappa shape index (κ2) is 4.85. The zero-order valence-corrected chi connectivity index (χ0v) is 12.3. The standard InChI is InChI=1S/C16H21N3O/c1-10-6-7-13-14(19-15(17)9-11(2)18-19)5-4-8-20-16(13)12(10)3/h6-7,9,14H,4-5,8,17H2,1-3H3. The molecule has 4 heteroatoms. The van der Waals surface area contributed by atoms with Crippen LogP contribution in [0.5, 0.6) is 5.75 Å². The first kappa shape index (κ1) is 13.0. The van der Waals surface area contributed by atoms with Gasteiger partial charge >= 0.3 is 0 Å². The third-order valence-electron chi connectivity index (χ3n) is 4.12. The predicted octanol–water partition coefficient (Wildman–Crippen LogP) is 3.15. The Morgan fingerprint density at radius 2 is 2.10 bits per heavy atom. The Balaban J connectivity index is 2.15. The molecule has 2 aromatic rings. The van der Waals surface area contributed by atoms with Crippen LogP contribution >= 0.6 is 0 Å². The lowest BCUT2D eigenvalue weighted by Crippen LogP contribution is -2.14. The summed E-state index contributed by atoms with van der Waals surface area (Å²) in [6.45, 7) is 6.97. The molecule has 3 rings (SSSR count). The monoisotopic (exact) mass is 271 g/mol. The quantitative estimate of drug-likeness (QED) is 0.866. The minimum Gasteiger partial charge on any atom is -0.493 e. The molecule has 2 N–H and O–H groups in total. The van der Waals surface area contributed by atoms with Crippen molar-refractivity contribution >= 4 is 5.82 Å². The van der Waals surface area contributed by atoms with E-state index in [1.807, 2.05) is 17.7 Å². The van der Waals surface area contributed by atoms with Crippen molar-refractivity contribution in [2.75, 3.05) is 12.3 Å². The fourth-order valence-electron chi connectivity index (χ4n) is 2.91. The number of nitrogens with zero attached hydrogens (tertiary/aromatic N) is 2. The highest BCUT2D eigenvalue weighted by Crippen LogP contribution is 2.38. The number of hydrogen-bond donors (Lipinski definition) is 1. The predicted molar refractivity (Wildman–Crippen MR) is 80.2 cm³/mol. The fourth-order valence-corrected chi connectivity index (χ4v) is 2.91. The van der Waals surface area contributed by atoms with Gasteiger partial charge in [-0.15, -0.1) is 0 Å². The Hall–Kier alpha value is -1.97. The van der Waals surface area contributed by atoms with Crippen LogP contribution in [0.1, 0.15) is 41.3 Å². The van der Waals surface area contributed by atoms with E-state index in [-0.39, 0.29) is 6.04 Å². The molecule has 0 bridgehead atoms. The van der Waals surface area contributed by atoms with Gasteiger partial charge in [-0.1, -0.05) is 12.1 Å². The first-order valence-electron chi connectivity index (χ1n) is 7.12. The van der Waals surface area contributed by atoms with Crippen molar-refractivity contribution in [2.45, 2.75) is 39.7 Å². The maximum Gasteiger partial charge on any atom is 0.127 e. The van der Waals surface area contributed by atoms with Crippen molar-refractivity contribution in [1.82, 2.24) is 9.78 Å². The summed E-state index contributed by atoms with van der Waals surface area (Å²) in [4.78, 5) is 0. The molecule has 20 heavy (non-hydrogen) atoms. The number of fused-ring (bicyclic) bond motifs is 1. The van der Waals surface area contributed by atoms with Gasteiger partial charge in [0.05, 0.1) is 18.3 Å². The summed E-state index contributed by atoms with van der Waals surface area (Å²) in [6, 6.07) is 6.40. The molecule has 2 heterocycles. The zero-order valence-electron chi connectivity index (χ0n) is 12.3. The normalized spacial score (nSPS) is 18.2. The first-order valence-corrected chi connectivity index (χ1v) is 7.12. The van der Waals surface area contributed by atoms with Crippen molar-refractivity contribution in [1.29, 1.82) is 0 Å². The lowest BCUT2D eigenvalue weighted by atomic mass is 9.97. The van der Waals surface area contributed by atoms with E-state index >= 15 is 0 Å². The van der Waals surface area contributed by atoms with Gasteiger partial charge in [0.15, 0.2) is 0 Å². The lowest BCUT2D eigenvalue weighted by Gasteiger charge is -2.20. The van der Waals surface area contributed by atoms with Crippen LogP contribution in [-0.4, -0.2) is 16.4 Å². The number of aryl methyl sites for hydroxylation is 2. The Labute approximate surface area is 119 Å². The van der Waals surface area contributed by atoms with Gasteiger partial charge in [0.25, 0.3) is 0 Å². The number of nitrogens with two attached hydrogens (primary N) is 1. The summed E-state index contributed by atoms with van der Waals surface area (Å²) in [5.41, 5.74) is 10.7. The van der Waals surface area contributed by atoms with Crippen molar-refractivity contribution < 1.29 is 4.74 Å². The molecular formula is C16H21N3O. The van der Waals surface area contributed by atoms with Gasteiger partial charge < -0.3 is 10.5 Å². The van der Waals surface area contributed by atoms with Crippen LogP contribution in [0, 0.1) is 20.8 Å². The van der Waals surface area contributed by atoms with Crippen LogP contribution in [0.4, 0.5) is 5.82 Å². The van der Waals surface area contributed by atoms with E-state index in [1.54, 1.807) is 0 Å². The van der Waals surface area contributed by atoms with E-state index in [0.717, 1.165) is 36.7 Å². The summed E-state index contributed by atoms with van der Waals surface area (Å²) in [5.74, 6) is 1.73. The summed E-state index contributed by atoms with van der Waals surface area (Å²) in [5, 5.41) is 4.56. The molecule has 1 aliphatic rings. The molecule has 0 spiro atoms. The smallest absolute Gasteiger partial charge is 0.127 e. The van der Waals surface area contributed by atoms with Gasteiger partial charge in [0.2, 0.25) is 0 Å². The molecule has 4 nitrogen and oxygen atoms in total. The molecule has 0 amide bonds. The zero-order chi connectivity index (χ0) is 14.3. The minimum atomic E-state index is 0.167. The molecule has 1 aromatic carbocycles. The molecule has 0 fully saturated rings. The molecule has 0 aliphatic carbocycles. The fraction of sp³-hybridized carbons (Fsp3) is 0.438. The Kier molecular flexibility index (Phi) is 3.16. The highest BCUT2D eigenvalue weighted by Gasteiger charge is 2.25. The number of ether oxygens (including phenoxy) is 1. The summed E-state index contributed by atoms with van der Waals surface area (Å²) >= 11 is 0. The second-order valence-electron chi connectivity index (χ2n) is 5.59. The number of benzene rings is 1.